The molecule has 2 heteroatoms. The molecular weight excluding hydrogens is 126 g/mol. The molecule has 0 atom stereocenters. The summed E-state index contributed by atoms with van der Waals surface area (Å²) < 4.78 is 0. The lowest BCUT2D eigenvalue weighted by atomic mass is 10.3. The molecule has 0 bridgehead atoms. The molecule has 0 aliphatic rings. The first-order chi connectivity index (χ1) is 4.76. The fraction of sp³-hybridized carbons (Fsp3) is 0.750. The molecule has 0 fully saturated rings. The van der Waals surface area contributed by atoms with Crippen molar-refractivity contribution in [3.8, 4) is 0 Å². The van der Waals surface area contributed by atoms with Gasteiger partial charge in [-0.1, -0.05) is 6.92 Å². The van der Waals surface area contributed by atoms with Crippen LogP contribution in [0.2, 0.25) is 0 Å². The Kier molecular flexibility index (Phi) is 4.99. The van der Waals surface area contributed by atoms with E-state index in [-0.39, 0.29) is 5.91 Å². The molecule has 0 heterocycles. The van der Waals surface area contributed by atoms with E-state index < -0.39 is 0 Å². The van der Waals surface area contributed by atoms with Crippen LogP contribution in [0.3, 0.4) is 0 Å². The SMILES string of the molecule is [CH2]CN(CC)C(=O)CCC. The smallest absolute Gasteiger partial charge is 0.222 e. The highest BCUT2D eigenvalue weighted by molar-refractivity contribution is 5.76. The molecule has 0 saturated carbocycles. The topological polar surface area (TPSA) is 20.3 Å². The van der Waals surface area contributed by atoms with Gasteiger partial charge in [0.15, 0.2) is 0 Å². The molecule has 10 heavy (non-hydrogen) atoms. The third kappa shape index (κ3) is 2.85. The fourth-order valence-corrected chi connectivity index (χ4v) is 0.831. The van der Waals surface area contributed by atoms with Crippen molar-refractivity contribution in [2.45, 2.75) is 26.7 Å². The van der Waals surface area contributed by atoms with Crippen LogP contribution in [0.25, 0.3) is 0 Å². The zero-order valence-corrected chi connectivity index (χ0v) is 6.89. The molecule has 0 aliphatic carbocycles. The monoisotopic (exact) mass is 142 g/mol. The maximum absolute atomic E-state index is 11.1. The summed E-state index contributed by atoms with van der Waals surface area (Å²) in [6.07, 6.45) is 1.58. The van der Waals surface area contributed by atoms with E-state index in [9.17, 15) is 4.79 Å². The number of carbonyl (C=O) groups excluding carboxylic acids is 1. The molecule has 0 N–H and O–H groups in total. The number of amides is 1. The van der Waals surface area contributed by atoms with Crippen molar-refractivity contribution in [1.82, 2.24) is 4.90 Å². The number of nitrogens with zero attached hydrogens (tertiary/aromatic N) is 1. The van der Waals surface area contributed by atoms with E-state index in [1.54, 1.807) is 4.90 Å². The minimum Gasteiger partial charge on any atom is -0.343 e. The molecular formula is C8H16NO. The summed E-state index contributed by atoms with van der Waals surface area (Å²) in [5, 5.41) is 0. The van der Waals surface area contributed by atoms with E-state index >= 15 is 0 Å². The van der Waals surface area contributed by atoms with Crippen LogP contribution in [0.15, 0.2) is 0 Å². The van der Waals surface area contributed by atoms with Crippen molar-refractivity contribution in [3.05, 3.63) is 6.92 Å². The van der Waals surface area contributed by atoms with Gasteiger partial charge in [-0.25, -0.2) is 0 Å². The molecule has 2 nitrogen and oxygen atoms in total. The maximum Gasteiger partial charge on any atom is 0.222 e. The van der Waals surface area contributed by atoms with Crippen molar-refractivity contribution in [3.63, 3.8) is 0 Å². The van der Waals surface area contributed by atoms with Crippen LogP contribution in [0.4, 0.5) is 0 Å². The Balaban J connectivity index is 3.65. The van der Waals surface area contributed by atoms with Crippen molar-refractivity contribution in [1.29, 1.82) is 0 Å². The molecule has 1 radical (unpaired) electrons. The average molecular weight is 142 g/mol. The Bertz CT molecular complexity index is 97.4. The number of carbonyl (C=O) groups is 1. The van der Waals surface area contributed by atoms with Crippen LogP contribution in [0.5, 0.6) is 0 Å². The molecule has 0 aliphatic heterocycles. The highest BCUT2D eigenvalue weighted by Crippen LogP contribution is 1.95. The third-order valence-electron chi connectivity index (χ3n) is 1.47. The van der Waals surface area contributed by atoms with Crippen molar-refractivity contribution >= 4 is 5.91 Å². The molecule has 0 aromatic rings. The zero-order valence-electron chi connectivity index (χ0n) is 6.89. The molecule has 0 unspecified atom stereocenters. The largest absolute Gasteiger partial charge is 0.343 e. The van der Waals surface area contributed by atoms with Crippen LogP contribution in [0.1, 0.15) is 26.7 Å². The van der Waals surface area contributed by atoms with Crippen molar-refractivity contribution < 1.29 is 4.79 Å². The molecule has 0 aromatic carbocycles. The molecule has 0 saturated heterocycles. The molecule has 59 valence electrons. The minimum atomic E-state index is 0.222. The predicted molar refractivity (Wildman–Crippen MR) is 42.5 cm³/mol. The lowest BCUT2D eigenvalue weighted by molar-refractivity contribution is -0.130. The van der Waals surface area contributed by atoms with Crippen molar-refractivity contribution in [2.24, 2.45) is 0 Å². The average Bonchev–Trinajstić information content (AvgIpc) is 1.91. The summed E-state index contributed by atoms with van der Waals surface area (Å²) in [6, 6.07) is 0. The van der Waals surface area contributed by atoms with Gasteiger partial charge in [-0.3, -0.25) is 4.79 Å². The summed E-state index contributed by atoms with van der Waals surface area (Å²) in [6.45, 7) is 9.02. The normalized spacial score (nSPS) is 9.50. The van der Waals surface area contributed by atoms with Gasteiger partial charge in [0.2, 0.25) is 5.91 Å². The second kappa shape index (κ2) is 5.27. The summed E-state index contributed by atoms with van der Waals surface area (Å²) in [5.74, 6) is 0.222. The first-order valence-electron chi connectivity index (χ1n) is 3.83. The van der Waals surface area contributed by atoms with E-state index in [1.165, 1.54) is 0 Å². The van der Waals surface area contributed by atoms with Gasteiger partial charge in [0, 0.05) is 19.5 Å². The predicted octanol–water partition coefficient (Wildman–Crippen LogP) is 1.47. The highest BCUT2D eigenvalue weighted by atomic mass is 16.2. The standard InChI is InChI=1S/C8H16NO/c1-4-7-8(10)9(5-2)6-3/h2,4-7H2,1,3H3. The fourth-order valence-electron chi connectivity index (χ4n) is 0.831. The van der Waals surface area contributed by atoms with Gasteiger partial charge in [0.05, 0.1) is 0 Å². The van der Waals surface area contributed by atoms with Gasteiger partial charge in [0.25, 0.3) is 0 Å². The molecule has 0 aromatic heterocycles. The highest BCUT2D eigenvalue weighted by Gasteiger charge is 2.06. The summed E-state index contributed by atoms with van der Waals surface area (Å²) in [5.41, 5.74) is 0. The lowest BCUT2D eigenvalue weighted by Gasteiger charge is -2.17. The second-order valence-corrected chi connectivity index (χ2v) is 2.22. The quantitative estimate of drug-likeness (QED) is 0.582. The number of rotatable bonds is 4. The number of hydrogen-bond donors (Lipinski definition) is 0. The van der Waals surface area contributed by atoms with E-state index in [0.29, 0.717) is 13.0 Å². The molecule has 1 amide bonds. The van der Waals surface area contributed by atoms with E-state index in [1.807, 2.05) is 13.8 Å². The Hall–Kier alpha value is -0.530. The summed E-state index contributed by atoms with van der Waals surface area (Å²) in [7, 11) is 0. The minimum absolute atomic E-state index is 0.222. The van der Waals surface area contributed by atoms with Gasteiger partial charge in [-0.15, -0.1) is 0 Å². The Labute approximate surface area is 63.2 Å². The van der Waals surface area contributed by atoms with E-state index in [2.05, 4.69) is 6.92 Å². The summed E-state index contributed by atoms with van der Waals surface area (Å²) >= 11 is 0. The third-order valence-corrected chi connectivity index (χ3v) is 1.47. The van der Waals surface area contributed by atoms with Gasteiger partial charge in [-0.05, 0) is 20.3 Å². The van der Waals surface area contributed by atoms with Crippen molar-refractivity contribution in [2.75, 3.05) is 13.1 Å². The Morgan fingerprint density at radius 1 is 1.50 bits per heavy atom. The number of hydrogen-bond acceptors (Lipinski definition) is 1. The van der Waals surface area contributed by atoms with Gasteiger partial charge >= 0.3 is 0 Å². The van der Waals surface area contributed by atoms with Gasteiger partial charge in [0.1, 0.15) is 0 Å². The van der Waals surface area contributed by atoms with E-state index in [4.69, 9.17) is 0 Å². The van der Waals surface area contributed by atoms with Crippen LogP contribution in [-0.4, -0.2) is 23.9 Å². The molecule has 0 rings (SSSR count). The second-order valence-electron chi connectivity index (χ2n) is 2.22. The lowest BCUT2D eigenvalue weighted by Crippen LogP contribution is -2.30. The Morgan fingerprint density at radius 3 is 2.40 bits per heavy atom. The maximum atomic E-state index is 11.1. The summed E-state index contributed by atoms with van der Waals surface area (Å²) in [4.78, 5) is 12.8. The Morgan fingerprint density at radius 2 is 2.10 bits per heavy atom. The van der Waals surface area contributed by atoms with Crippen LogP contribution < -0.4 is 0 Å². The van der Waals surface area contributed by atoms with E-state index in [0.717, 1.165) is 13.0 Å². The van der Waals surface area contributed by atoms with Crippen LogP contribution in [-0.2, 0) is 4.79 Å². The van der Waals surface area contributed by atoms with Gasteiger partial charge in [-0.2, -0.15) is 0 Å². The zero-order chi connectivity index (χ0) is 7.98. The first kappa shape index (κ1) is 9.47. The van der Waals surface area contributed by atoms with Crippen LogP contribution >= 0.6 is 0 Å². The van der Waals surface area contributed by atoms with Gasteiger partial charge < -0.3 is 4.90 Å². The molecule has 0 spiro atoms. The van der Waals surface area contributed by atoms with Crippen LogP contribution in [0, 0.1) is 6.92 Å². The first-order valence-corrected chi connectivity index (χ1v) is 3.83.